The van der Waals surface area contributed by atoms with E-state index < -0.39 is 0 Å². The van der Waals surface area contributed by atoms with Crippen molar-refractivity contribution < 1.29 is 14.7 Å². The zero-order valence-corrected chi connectivity index (χ0v) is 11.4. The zero-order valence-electron chi connectivity index (χ0n) is 11.4. The molecule has 0 bridgehead atoms. The van der Waals surface area contributed by atoms with E-state index in [-0.39, 0.29) is 23.8 Å². The van der Waals surface area contributed by atoms with Crippen molar-refractivity contribution in [2.24, 2.45) is 16.8 Å². The van der Waals surface area contributed by atoms with Crippen LogP contribution < -0.4 is 11.1 Å². The molecule has 2 unspecified atom stereocenters. The number of hydrogen-bond donors (Lipinski definition) is 3. The molecule has 4 N–H and O–H groups in total. The van der Waals surface area contributed by atoms with Gasteiger partial charge in [0.15, 0.2) is 5.84 Å². The highest BCUT2D eigenvalue weighted by Crippen LogP contribution is 2.20. The average Bonchev–Trinajstić information content (AvgIpc) is 2.90. The fourth-order valence-electron chi connectivity index (χ4n) is 2.17. The Morgan fingerprint density at radius 3 is 2.75 bits per heavy atom. The number of oxime groups is 1. The Kier molecular flexibility index (Phi) is 4.57. The summed E-state index contributed by atoms with van der Waals surface area (Å²) >= 11 is 0. The van der Waals surface area contributed by atoms with Crippen LogP contribution in [0.4, 0.5) is 0 Å². The number of nitrogens with two attached hydrogens (primary N) is 1. The van der Waals surface area contributed by atoms with E-state index in [0.717, 1.165) is 12.0 Å². The van der Waals surface area contributed by atoms with Gasteiger partial charge < -0.3 is 21.0 Å². The lowest BCUT2D eigenvalue weighted by atomic mass is 10.0. The maximum atomic E-state index is 11.9. The second-order valence-corrected chi connectivity index (χ2v) is 4.96. The fraction of sp³-hybridized carbons (Fsp3) is 0.429. The summed E-state index contributed by atoms with van der Waals surface area (Å²) in [6.07, 6.45) is 0.582. The molecule has 2 atom stereocenters. The van der Waals surface area contributed by atoms with Crippen molar-refractivity contribution in [3.63, 3.8) is 0 Å². The predicted octanol–water partition coefficient (Wildman–Crippen LogP) is 0.822. The van der Waals surface area contributed by atoms with E-state index >= 15 is 0 Å². The van der Waals surface area contributed by atoms with Crippen molar-refractivity contribution in [1.82, 2.24) is 5.32 Å². The molecule has 0 aromatic heterocycles. The molecule has 1 aromatic rings. The van der Waals surface area contributed by atoms with Crippen molar-refractivity contribution in [3.05, 3.63) is 35.4 Å². The minimum absolute atomic E-state index is 0.0637. The van der Waals surface area contributed by atoms with Gasteiger partial charge in [-0.1, -0.05) is 36.3 Å². The van der Waals surface area contributed by atoms with Crippen molar-refractivity contribution in [2.45, 2.75) is 26.0 Å². The molecular weight excluding hydrogens is 258 g/mol. The van der Waals surface area contributed by atoms with Crippen LogP contribution in [0.2, 0.25) is 0 Å². The molecule has 1 aliphatic heterocycles. The summed E-state index contributed by atoms with van der Waals surface area (Å²) in [7, 11) is 0. The van der Waals surface area contributed by atoms with Gasteiger partial charge in [-0.05, 0) is 17.9 Å². The minimum Gasteiger partial charge on any atom is -0.409 e. The number of carbonyl (C=O) groups is 1. The summed E-state index contributed by atoms with van der Waals surface area (Å²) in [6, 6.07) is 7.13. The standard InChI is InChI=1S/C14H19N3O3/c1-9-6-7-20-12(9)14(18)16-8-10-2-4-11(5-3-10)13(15)17-19/h2-5,9,12,19H,6-8H2,1H3,(H2,15,17)(H,16,18). The third-order valence-corrected chi connectivity index (χ3v) is 3.47. The highest BCUT2D eigenvalue weighted by atomic mass is 16.5. The highest BCUT2D eigenvalue weighted by Gasteiger charge is 2.30. The van der Waals surface area contributed by atoms with Gasteiger partial charge >= 0.3 is 0 Å². The molecule has 20 heavy (non-hydrogen) atoms. The molecule has 0 radical (unpaired) electrons. The predicted molar refractivity (Wildman–Crippen MR) is 74.3 cm³/mol. The average molecular weight is 277 g/mol. The van der Waals surface area contributed by atoms with Crippen molar-refractivity contribution in [1.29, 1.82) is 0 Å². The van der Waals surface area contributed by atoms with E-state index in [1.807, 2.05) is 19.1 Å². The lowest BCUT2D eigenvalue weighted by Crippen LogP contribution is -2.36. The van der Waals surface area contributed by atoms with Crippen LogP contribution in [-0.4, -0.2) is 29.7 Å². The molecule has 1 aromatic carbocycles. The summed E-state index contributed by atoms with van der Waals surface area (Å²) in [6.45, 7) is 3.10. The Hall–Kier alpha value is -2.08. The number of ether oxygens (including phenoxy) is 1. The van der Waals surface area contributed by atoms with E-state index in [1.54, 1.807) is 12.1 Å². The van der Waals surface area contributed by atoms with Crippen LogP contribution in [-0.2, 0) is 16.1 Å². The summed E-state index contributed by atoms with van der Waals surface area (Å²) < 4.78 is 5.41. The van der Waals surface area contributed by atoms with E-state index in [2.05, 4.69) is 10.5 Å². The third kappa shape index (κ3) is 3.27. The molecule has 1 aliphatic rings. The molecule has 0 aliphatic carbocycles. The number of nitrogens with zero attached hydrogens (tertiary/aromatic N) is 1. The molecule has 2 rings (SSSR count). The van der Waals surface area contributed by atoms with E-state index in [1.165, 1.54) is 0 Å². The maximum absolute atomic E-state index is 11.9. The number of hydrogen-bond acceptors (Lipinski definition) is 4. The third-order valence-electron chi connectivity index (χ3n) is 3.47. The van der Waals surface area contributed by atoms with Gasteiger partial charge in [0.1, 0.15) is 6.10 Å². The molecular formula is C14H19N3O3. The largest absolute Gasteiger partial charge is 0.409 e. The summed E-state index contributed by atoms with van der Waals surface area (Å²) in [5.74, 6) is 0.252. The Balaban J connectivity index is 1.89. The molecule has 108 valence electrons. The number of amidine groups is 1. The number of amides is 1. The Labute approximate surface area is 117 Å². The van der Waals surface area contributed by atoms with Crippen LogP contribution in [0, 0.1) is 5.92 Å². The monoisotopic (exact) mass is 277 g/mol. The van der Waals surface area contributed by atoms with Crippen LogP contribution in [0.3, 0.4) is 0 Å². The van der Waals surface area contributed by atoms with Crippen LogP contribution in [0.15, 0.2) is 29.4 Å². The van der Waals surface area contributed by atoms with Gasteiger partial charge in [0.2, 0.25) is 5.91 Å². The van der Waals surface area contributed by atoms with Gasteiger partial charge in [0.25, 0.3) is 0 Å². The first-order chi connectivity index (χ1) is 9.61. The first-order valence-corrected chi connectivity index (χ1v) is 6.58. The second kappa shape index (κ2) is 6.38. The first-order valence-electron chi connectivity index (χ1n) is 6.58. The fourth-order valence-corrected chi connectivity index (χ4v) is 2.17. The number of rotatable bonds is 4. The first kappa shape index (κ1) is 14.3. The molecule has 1 heterocycles. The minimum atomic E-state index is -0.341. The molecule has 6 heteroatoms. The highest BCUT2D eigenvalue weighted by molar-refractivity contribution is 5.96. The van der Waals surface area contributed by atoms with E-state index in [0.29, 0.717) is 18.7 Å². The van der Waals surface area contributed by atoms with Gasteiger partial charge in [0, 0.05) is 18.7 Å². The van der Waals surface area contributed by atoms with Crippen LogP contribution in [0.25, 0.3) is 0 Å². The number of nitrogens with one attached hydrogen (secondary N) is 1. The second-order valence-electron chi connectivity index (χ2n) is 4.96. The molecule has 0 spiro atoms. The molecule has 1 saturated heterocycles. The lowest BCUT2D eigenvalue weighted by molar-refractivity contribution is -0.131. The zero-order chi connectivity index (χ0) is 14.5. The molecule has 1 fully saturated rings. The van der Waals surface area contributed by atoms with E-state index in [9.17, 15) is 4.79 Å². The van der Waals surface area contributed by atoms with Crippen molar-refractivity contribution in [2.75, 3.05) is 6.61 Å². The van der Waals surface area contributed by atoms with E-state index in [4.69, 9.17) is 15.7 Å². The normalized spacial score (nSPS) is 22.8. The van der Waals surface area contributed by atoms with Crippen molar-refractivity contribution >= 4 is 11.7 Å². The Morgan fingerprint density at radius 1 is 1.50 bits per heavy atom. The van der Waals surface area contributed by atoms with Gasteiger partial charge in [-0.25, -0.2) is 0 Å². The lowest BCUT2D eigenvalue weighted by Gasteiger charge is -2.14. The molecule has 6 nitrogen and oxygen atoms in total. The Bertz CT molecular complexity index is 499. The smallest absolute Gasteiger partial charge is 0.249 e. The van der Waals surface area contributed by atoms with Crippen LogP contribution in [0.5, 0.6) is 0 Å². The Morgan fingerprint density at radius 2 is 2.20 bits per heavy atom. The van der Waals surface area contributed by atoms with Crippen LogP contribution in [0.1, 0.15) is 24.5 Å². The topological polar surface area (TPSA) is 96.9 Å². The quantitative estimate of drug-likeness (QED) is 0.328. The van der Waals surface area contributed by atoms with Gasteiger partial charge in [-0.15, -0.1) is 0 Å². The number of benzene rings is 1. The molecule has 1 amide bonds. The summed E-state index contributed by atoms with van der Waals surface area (Å²) in [4.78, 5) is 11.9. The van der Waals surface area contributed by atoms with Crippen molar-refractivity contribution in [3.8, 4) is 0 Å². The maximum Gasteiger partial charge on any atom is 0.249 e. The van der Waals surface area contributed by atoms with Gasteiger partial charge in [0.05, 0.1) is 0 Å². The van der Waals surface area contributed by atoms with Crippen LogP contribution >= 0.6 is 0 Å². The number of carbonyl (C=O) groups excluding carboxylic acids is 1. The van der Waals surface area contributed by atoms with Gasteiger partial charge in [-0.2, -0.15) is 0 Å². The SMILES string of the molecule is CC1CCOC1C(=O)NCc1ccc(/C(N)=N/O)cc1. The summed E-state index contributed by atoms with van der Waals surface area (Å²) in [5, 5.41) is 14.4. The summed E-state index contributed by atoms with van der Waals surface area (Å²) in [5.41, 5.74) is 7.06. The molecule has 0 saturated carbocycles. The van der Waals surface area contributed by atoms with Gasteiger partial charge in [-0.3, -0.25) is 4.79 Å².